The maximum absolute atomic E-state index is 11.0. The van der Waals surface area contributed by atoms with Crippen LogP contribution in [0.25, 0.3) is 11.0 Å². The van der Waals surface area contributed by atoms with Crippen LogP contribution in [0, 0.1) is 0 Å². The second-order valence-electron chi connectivity index (χ2n) is 4.83. The third kappa shape index (κ3) is 3.32. The first kappa shape index (κ1) is 14.6. The van der Waals surface area contributed by atoms with Gasteiger partial charge in [0.2, 0.25) is 12.3 Å². The van der Waals surface area contributed by atoms with Crippen molar-refractivity contribution in [2.75, 3.05) is 11.4 Å². The summed E-state index contributed by atoms with van der Waals surface area (Å²) in [6.45, 7) is -0.462. The molecule has 0 saturated heterocycles. The van der Waals surface area contributed by atoms with E-state index in [1.54, 1.807) is 24.3 Å². The van der Waals surface area contributed by atoms with E-state index in [0.717, 1.165) is 4.90 Å². The number of hydrogen-bond acceptors (Lipinski definition) is 4. The third-order valence-electron chi connectivity index (χ3n) is 3.17. The molecular weight excluding hydrogens is 298 g/mol. The van der Waals surface area contributed by atoms with Crippen molar-refractivity contribution in [1.82, 2.24) is 0 Å². The van der Waals surface area contributed by atoms with Crippen LogP contribution in [0.2, 0.25) is 0 Å². The van der Waals surface area contributed by atoms with E-state index < -0.39 is 12.5 Å². The summed E-state index contributed by atoms with van der Waals surface area (Å²) in [5.74, 6) is 0.378. The van der Waals surface area contributed by atoms with Crippen molar-refractivity contribution in [3.8, 4) is 11.5 Å². The fourth-order valence-electron chi connectivity index (χ4n) is 2.15. The Labute approximate surface area is 131 Å². The van der Waals surface area contributed by atoms with Crippen molar-refractivity contribution in [3.05, 3.63) is 54.6 Å². The number of hydrogen-bond donors (Lipinski definition) is 1. The molecule has 0 unspecified atom stereocenters. The summed E-state index contributed by atoms with van der Waals surface area (Å²) in [5, 5.41) is 9.51. The number of fused-ring (bicyclic) bond motifs is 1. The standard InChI is InChI=1S/C17H13NO5/c19-11-18(10-17(20)21)16-9-12-8-14(6-7-15(12)23-16)22-13-4-2-1-3-5-13/h1-9,11H,10H2,(H,20,21). The second-order valence-corrected chi connectivity index (χ2v) is 4.83. The summed E-state index contributed by atoms with van der Waals surface area (Å²) in [4.78, 5) is 22.7. The van der Waals surface area contributed by atoms with Crippen molar-refractivity contribution < 1.29 is 23.8 Å². The van der Waals surface area contributed by atoms with Crippen LogP contribution in [0.3, 0.4) is 0 Å². The number of benzene rings is 2. The largest absolute Gasteiger partial charge is 0.480 e. The molecule has 0 aliphatic heterocycles. The minimum Gasteiger partial charge on any atom is -0.480 e. The smallest absolute Gasteiger partial charge is 0.323 e. The maximum Gasteiger partial charge on any atom is 0.323 e. The summed E-state index contributed by atoms with van der Waals surface area (Å²) in [5.41, 5.74) is 0.539. The molecule has 3 aromatic rings. The Bertz CT molecular complexity index is 841. The van der Waals surface area contributed by atoms with Gasteiger partial charge in [-0.2, -0.15) is 0 Å². The van der Waals surface area contributed by atoms with Crippen molar-refractivity contribution in [2.45, 2.75) is 0 Å². The SMILES string of the molecule is O=CN(CC(=O)O)c1cc2cc(Oc3ccccc3)ccc2o1. The Morgan fingerprint density at radius 3 is 2.61 bits per heavy atom. The van der Waals surface area contributed by atoms with Crippen LogP contribution in [-0.2, 0) is 9.59 Å². The number of carboxylic acid groups (broad SMARTS) is 1. The van der Waals surface area contributed by atoms with Gasteiger partial charge in [0, 0.05) is 11.5 Å². The van der Waals surface area contributed by atoms with Crippen LogP contribution in [-0.4, -0.2) is 24.0 Å². The molecule has 1 heterocycles. The maximum atomic E-state index is 11.0. The minimum atomic E-state index is -1.12. The number of carbonyl (C=O) groups is 2. The quantitative estimate of drug-likeness (QED) is 0.707. The second kappa shape index (κ2) is 6.23. The van der Waals surface area contributed by atoms with Gasteiger partial charge < -0.3 is 14.3 Å². The number of amides is 1. The molecule has 6 nitrogen and oxygen atoms in total. The first-order valence-corrected chi connectivity index (χ1v) is 6.86. The Kier molecular flexibility index (Phi) is 3.97. The third-order valence-corrected chi connectivity index (χ3v) is 3.17. The number of carboxylic acids is 1. The fraction of sp³-hybridized carbons (Fsp3) is 0.0588. The van der Waals surface area contributed by atoms with Gasteiger partial charge in [-0.15, -0.1) is 0 Å². The molecule has 0 aliphatic carbocycles. The summed E-state index contributed by atoms with van der Waals surface area (Å²) in [6, 6.07) is 16.1. The highest BCUT2D eigenvalue weighted by molar-refractivity contribution is 5.89. The topological polar surface area (TPSA) is 80.0 Å². The van der Waals surface area contributed by atoms with Crippen LogP contribution < -0.4 is 9.64 Å². The number of para-hydroxylation sites is 1. The molecule has 1 aromatic heterocycles. The lowest BCUT2D eigenvalue weighted by Crippen LogP contribution is -2.27. The molecule has 1 N–H and O–H groups in total. The summed E-state index contributed by atoms with van der Waals surface area (Å²) in [6.07, 6.45) is 0.424. The van der Waals surface area contributed by atoms with E-state index in [1.807, 2.05) is 30.3 Å². The summed E-state index contributed by atoms with van der Waals surface area (Å²) >= 11 is 0. The highest BCUT2D eigenvalue weighted by Crippen LogP contribution is 2.30. The fourth-order valence-corrected chi connectivity index (χ4v) is 2.15. The molecule has 116 valence electrons. The van der Waals surface area contributed by atoms with Gasteiger partial charge in [0.15, 0.2) is 0 Å². The van der Waals surface area contributed by atoms with E-state index in [0.29, 0.717) is 28.9 Å². The lowest BCUT2D eigenvalue weighted by atomic mass is 10.2. The Morgan fingerprint density at radius 1 is 1.13 bits per heavy atom. The number of carbonyl (C=O) groups excluding carboxylic acids is 1. The molecule has 0 aliphatic rings. The number of ether oxygens (including phenoxy) is 1. The van der Waals surface area contributed by atoms with Gasteiger partial charge in [0.1, 0.15) is 23.6 Å². The van der Waals surface area contributed by atoms with E-state index in [4.69, 9.17) is 14.3 Å². The molecule has 3 rings (SSSR count). The Morgan fingerprint density at radius 2 is 1.91 bits per heavy atom. The first-order chi connectivity index (χ1) is 11.2. The average molecular weight is 311 g/mol. The van der Waals surface area contributed by atoms with E-state index in [1.165, 1.54) is 0 Å². The number of aliphatic carboxylic acids is 1. The average Bonchev–Trinajstić information content (AvgIpc) is 2.96. The monoisotopic (exact) mass is 311 g/mol. The van der Waals surface area contributed by atoms with Crippen LogP contribution in [0.1, 0.15) is 0 Å². The molecule has 23 heavy (non-hydrogen) atoms. The zero-order chi connectivity index (χ0) is 16.2. The highest BCUT2D eigenvalue weighted by Gasteiger charge is 2.15. The molecular formula is C17H13NO5. The van der Waals surface area contributed by atoms with Crippen LogP contribution in [0.15, 0.2) is 59.0 Å². The lowest BCUT2D eigenvalue weighted by molar-refractivity contribution is -0.136. The van der Waals surface area contributed by atoms with Crippen molar-refractivity contribution in [2.24, 2.45) is 0 Å². The molecule has 2 aromatic carbocycles. The van der Waals surface area contributed by atoms with Crippen molar-refractivity contribution in [3.63, 3.8) is 0 Å². The van der Waals surface area contributed by atoms with Gasteiger partial charge in [-0.3, -0.25) is 14.5 Å². The van der Waals surface area contributed by atoms with Crippen molar-refractivity contribution in [1.29, 1.82) is 0 Å². The summed E-state index contributed by atoms with van der Waals surface area (Å²) in [7, 11) is 0. The Balaban J connectivity index is 1.88. The van der Waals surface area contributed by atoms with Crippen LogP contribution in [0.4, 0.5) is 5.88 Å². The van der Waals surface area contributed by atoms with Gasteiger partial charge in [-0.05, 0) is 30.3 Å². The zero-order valence-electron chi connectivity index (χ0n) is 12.0. The number of furan rings is 1. The predicted molar refractivity (Wildman–Crippen MR) is 83.8 cm³/mol. The first-order valence-electron chi connectivity index (χ1n) is 6.86. The normalized spacial score (nSPS) is 10.4. The Hall–Kier alpha value is -3.28. The molecule has 0 saturated carbocycles. The van der Waals surface area contributed by atoms with Crippen LogP contribution in [0.5, 0.6) is 11.5 Å². The van der Waals surface area contributed by atoms with Crippen molar-refractivity contribution >= 4 is 29.2 Å². The predicted octanol–water partition coefficient (Wildman–Crippen LogP) is 3.27. The molecule has 0 radical (unpaired) electrons. The van der Waals surface area contributed by atoms with Gasteiger partial charge >= 0.3 is 5.97 Å². The zero-order valence-corrected chi connectivity index (χ0v) is 12.0. The van der Waals surface area contributed by atoms with Crippen LogP contribution >= 0.6 is 0 Å². The highest BCUT2D eigenvalue weighted by atomic mass is 16.5. The summed E-state index contributed by atoms with van der Waals surface area (Å²) < 4.78 is 11.2. The van der Waals surface area contributed by atoms with Gasteiger partial charge in [-0.25, -0.2) is 0 Å². The van der Waals surface area contributed by atoms with Gasteiger partial charge in [-0.1, -0.05) is 18.2 Å². The number of anilines is 1. The van der Waals surface area contributed by atoms with E-state index >= 15 is 0 Å². The lowest BCUT2D eigenvalue weighted by Gasteiger charge is -2.09. The minimum absolute atomic E-state index is 0.175. The molecule has 1 amide bonds. The van der Waals surface area contributed by atoms with Gasteiger partial charge in [0.05, 0.1) is 0 Å². The van der Waals surface area contributed by atoms with E-state index in [-0.39, 0.29) is 5.88 Å². The molecule has 6 heteroatoms. The number of rotatable bonds is 6. The molecule has 0 bridgehead atoms. The molecule has 0 spiro atoms. The number of nitrogens with zero attached hydrogens (tertiary/aromatic N) is 1. The van der Waals surface area contributed by atoms with E-state index in [2.05, 4.69) is 0 Å². The van der Waals surface area contributed by atoms with E-state index in [9.17, 15) is 9.59 Å². The molecule has 0 atom stereocenters. The molecule has 0 fully saturated rings. The van der Waals surface area contributed by atoms with Gasteiger partial charge in [0.25, 0.3) is 0 Å².